The van der Waals surface area contributed by atoms with Crippen LogP contribution in [0.15, 0.2) is 6.07 Å². The van der Waals surface area contributed by atoms with Gasteiger partial charge < -0.3 is 15.0 Å². The van der Waals surface area contributed by atoms with Crippen LogP contribution in [-0.4, -0.2) is 42.6 Å². The number of amides is 1. The molecule has 2 heterocycles. The molecule has 120 valence electrons. The average Bonchev–Trinajstić information content (AvgIpc) is 2.52. The highest BCUT2D eigenvalue weighted by molar-refractivity contribution is 5.86. The molecule has 0 spiro atoms. The lowest BCUT2D eigenvalue weighted by Gasteiger charge is -2.40. The summed E-state index contributed by atoms with van der Waals surface area (Å²) < 4.78 is 6.32. The fourth-order valence-corrected chi connectivity index (χ4v) is 3.55. The minimum absolute atomic E-state index is 0.137. The summed E-state index contributed by atoms with van der Waals surface area (Å²) in [7, 11) is 0. The summed E-state index contributed by atoms with van der Waals surface area (Å²) in [5, 5.41) is 3.29. The molecule has 4 nitrogen and oxygen atoms in total. The van der Waals surface area contributed by atoms with Crippen LogP contribution in [0.1, 0.15) is 35.6 Å². The molecule has 2 aliphatic rings. The van der Waals surface area contributed by atoms with Crippen LogP contribution >= 0.6 is 0 Å². The van der Waals surface area contributed by atoms with Gasteiger partial charge in [-0.1, -0.05) is 6.07 Å². The molecule has 1 fully saturated rings. The van der Waals surface area contributed by atoms with Crippen LogP contribution in [-0.2, 0) is 11.2 Å². The number of fused-ring (bicyclic) bond motifs is 1. The van der Waals surface area contributed by atoms with Crippen molar-refractivity contribution in [3.63, 3.8) is 0 Å². The molecular formula is C18H26N2O2. The lowest BCUT2D eigenvalue weighted by atomic mass is 9.87. The number of aryl methyl sites for hydroxylation is 2. The first-order chi connectivity index (χ1) is 10.4. The molecule has 1 unspecified atom stereocenters. The van der Waals surface area contributed by atoms with Gasteiger partial charge in [0.25, 0.3) is 5.91 Å². The van der Waals surface area contributed by atoms with Crippen LogP contribution in [0.4, 0.5) is 0 Å². The number of hydrogen-bond acceptors (Lipinski definition) is 3. The van der Waals surface area contributed by atoms with Crippen molar-refractivity contribution in [2.24, 2.45) is 0 Å². The third-order valence-corrected chi connectivity index (χ3v) is 5.15. The van der Waals surface area contributed by atoms with E-state index in [0.717, 1.165) is 44.8 Å². The van der Waals surface area contributed by atoms with Crippen LogP contribution in [0, 0.1) is 20.8 Å². The molecule has 1 aromatic carbocycles. The predicted molar refractivity (Wildman–Crippen MR) is 87.5 cm³/mol. The van der Waals surface area contributed by atoms with E-state index in [1.807, 2.05) is 11.8 Å². The molecule has 22 heavy (non-hydrogen) atoms. The van der Waals surface area contributed by atoms with E-state index < -0.39 is 5.60 Å². The second-order valence-corrected chi connectivity index (χ2v) is 6.82. The molecule has 3 rings (SSSR count). The monoisotopic (exact) mass is 302 g/mol. The number of nitrogens with zero attached hydrogens (tertiary/aromatic N) is 1. The topological polar surface area (TPSA) is 41.6 Å². The molecule has 0 radical (unpaired) electrons. The van der Waals surface area contributed by atoms with E-state index in [9.17, 15) is 4.79 Å². The van der Waals surface area contributed by atoms with Crippen LogP contribution in [0.2, 0.25) is 0 Å². The van der Waals surface area contributed by atoms with Gasteiger partial charge in [-0.15, -0.1) is 0 Å². The summed E-state index contributed by atoms with van der Waals surface area (Å²) in [5.74, 6) is 1.08. The zero-order valence-corrected chi connectivity index (χ0v) is 14.1. The van der Waals surface area contributed by atoms with Gasteiger partial charge in [0, 0.05) is 32.6 Å². The summed E-state index contributed by atoms with van der Waals surface area (Å²) in [4.78, 5) is 14.9. The van der Waals surface area contributed by atoms with Crippen molar-refractivity contribution in [1.29, 1.82) is 0 Å². The Morgan fingerprint density at radius 1 is 1.23 bits per heavy atom. The maximum Gasteiger partial charge on any atom is 0.266 e. The number of nitrogens with one attached hydrogen (secondary N) is 1. The van der Waals surface area contributed by atoms with Crippen LogP contribution in [0.25, 0.3) is 0 Å². The van der Waals surface area contributed by atoms with Crippen LogP contribution in [0.3, 0.4) is 0 Å². The second kappa shape index (κ2) is 5.58. The fourth-order valence-electron chi connectivity index (χ4n) is 3.55. The second-order valence-electron chi connectivity index (χ2n) is 6.82. The van der Waals surface area contributed by atoms with Gasteiger partial charge in [-0.3, -0.25) is 4.79 Å². The Labute approximate surface area is 132 Å². The average molecular weight is 302 g/mol. The Kier molecular flexibility index (Phi) is 3.89. The molecule has 4 heteroatoms. The third-order valence-electron chi connectivity index (χ3n) is 5.15. The first-order valence-corrected chi connectivity index (χ1v) is 8.21. The van der Waals surface area contributed by atoms with E-state index in [-0.39, 0.29) is 5.91 Å². The van der Waals surface area contributed by atoms with Crippen LogP contribution in [0.5, 0.6) is 5.75 Å². The van der Waals surface area contributed by atoms with Crippen molar-refractivity contribution in [3.05, 3.63) is 28.3 Å². The maximum atomic E-state index is 12.9. The Morgan fingerprint density at radius 3 is 2.59 bits per heavy atom. The standard InChI is InChI=1S/C18H26N2O2/c1-12-11-13(2)15-5-6-18(4,22-16(15)14(12)3)17(21)20-9-7-19-8-10-20/h11,19H,5-10H2,1-4H3. The van der Waals surface area contributed by atoms with Gasteiger partial charge in [0.05, 0.1) is 0 Å². The van der Waals surface area contributed by atoms with E-state index in [1.54, 1.807) is 0 Å². The largest absolute Gasteiger partial charge is 0.477 e. The number of benzene rings is 1. The summed E-state index contributed by atoms with van der Waals surface area (Å²) in [5.41, 5.74) is 4.22. The van der Waals surface area contributed by atoms with Gasteiger partial charge in [-0.05, 0) is 56.4 Å². The van der Waals surface area contributed by atoms with E-state index in [1.165, 1.54) is 22.3 Å². The molecular weight excluding hydrogens is 276 g/mol. The van der Waals surface area contributed by atoms with Crippen molar-refractivity contribution in [3.8, 4) is 5.75 Å². The molecule has 0 bridgehead atoms. The first kappa shape index (κ1) is 15.3. The highest BCUT2D eigenvalue weighted by atomic mass is 16.5. The molecule has 1 aromatic rings. The Morgan fingerprint density at radius 2 is 1.91 bits per heavy atom. The SMILES string of the molecule is Cc1cc(C)c2c(c1C)OC(C)(C(=O)N1CCNCC1)CC2. The minimum Gasteiger partial charge on any atom is -0.477 e. The molecule has 0 aliphatic carbocycles. The molecule has 1 atom stereocenters. The van der Waals surface area contributed by atoms with Gasteiger partial charge in [0.1, 0.15) is 5.75 Å². The first-order valence-electron chi connectivity index (χ1n) is 8.21. The maximum absolute atomic E-state index is 12.9. The van der Waals surface area contributed by atoms with Crippen LogP contribution < -0.4 is 10.1 Å². The van der Waals surface area contributed by atoms with E-state index >= 15 is 0 Å². The van der Waals surface area contributed by atoms with Gasteiger partial charge >= 0.3 is 0 Å². The quantitative estimate of drug-likeness (QED) is 0.864. The van der Waals surface area contributed by atoms with Gasteiger partial charge in [0.15, 0.2) is 5.60 Å². The lowest BCUT2D eigenvalue weighted by molar-refractivity contribution is -0.148. The van der Waals surface area contributed by atoms with Gasteiger partial charge in [-0.2, -0.15) is 0 Å². The minimum atomic E-state index is -0.727. The number of ether oxygens (including phenoxy) is 1. The van der Waals surface area contributed by atoms with Crippen molar-refractivity contribution in [2.75, 3.05) is 26.2 Å². The number of carbonyl (C=O) groups excluding carboxylic acids is 1. The molecule has 1 N–H and O–H groups in total. The number of hydrogen-bond donors (Lipinski definition) is 1. The molecule has 1 saturated heterocycles. The summed E-state index contributed by atoms with van der Waals surface area (Å²) in [6.45, 7) is 11.6. The Bertz CT molecular complexity index is 606. The van der Waals surface area contributed by atoms with Crippen molar-refractivity contribution in [1.82, 2.24) is 10.2 Å². The lowest BCUT2D eigenvalue weighted by Crippen LogP contribution is -2.57. The van der Waals surface area contributed by atoms with E-state index in [4.69, 9.17) is 4.74 Å². The third kappa shape index (κ3) is 2.50. The van der Waals surface area contributed by atoms with Gasteiger partial charge in [-0.25, -0.2) is 0 Å². The van der Waals surface area contributed by atoms with E-state index in [0.29, 0.717) is 0 Å². The number of piperazine rings is 1. The fraction of sp³-hybridized carbons (Fsp3) is 0.611. The van der Waals surface area contributed by atoms with Gasteiger partial charge in [0.2, 0.25) is 0 Å². The summed E-state index contributed by atoms with van der Waals surface area (Å²) in [6.07, 6.45) is 1.67. The molecule has 1 amide bonds. The smallest absolute Gasteiger partial charge is 0.266 e. The highest BCUT2D eigenvalue weighted by Gasteiger charge is 2.42. The normalized spacial score (nSPS) is 24.6. The van der Waals surface area contributed by atoms with Crippen molar-refractivity contribution in [2.45, 2.75) is 46.1 Å². The molecule has 0 aromatic heterocycles. The van der Waals surface area contributed by atoms with Crippen molar-refractivity contribution >= 4 is 5.91 Å². The summed E-state index contributed by atoms with van der Waals surface area (Å²) in [6, 6.07) is 2.22. The molecule has 2 aliphatic heterocycles. The Hall–Kier alpha value is -1.55. The highest BCUT2D eigenvalue weighted by Crippen LogP contribution is 2.39. The van der Waals surface area contributed by atoms with E-state index in [2.05, 4.69) is 32.2 Å². The molecule has 0 saturated carbocycles. The number of rotatable bonds is 1. The Balaban J connectivity index is 1.90. The predicted octanol–water partition coefficient (Wildman–Crippen LogP) is 2.13. The summed E-state index contributed by atoms with van der Waals surface area (Å²) >= 11 is 0. The van der Waals surface area contributed by atoms with Crippen molar-refractivity contribution < 1.29 is 9.53 Å². The zero-order valence-electron chi connectivity index (χ0n) is 14.1. The number of carbonyl (C=O) groups is 1. The zero-order chi connectivity index (χ0) is 15.9.